The quantitative estimate of drug-likeness (QED) is 0.687. The highest BCUT2D eigenvalue weighted by atomic mass is 32.1. The number of hydrogen-bond acceptors (Lipinski definition) is 4. The van der Waals surface area contributed by atoms with Crippen LogP contribution in [0.3, 0.4) is 0 Å². The van der Waals surface area contributed by atoms with Gasteiger partial charge < -0.3 is 15.7 Å². The molecular weight excluding hydrogens is 290 g/mol. The monoisotopic (exact) mass is 313 g/mol. The Balaban J connectivity index is 2.33. The van der Waals surface area contributed by atoms with Crippen LogP contribution in [-0.4, -0.2) is 28.6 Å². The molecule has 0 bridgehead atoms. The summed E-state index contributed by atoms with van der Waals surface area (Å²) in [4.78, 5) is 27.8. The van der Waals surface area contributed by atoms with Crippen molar-refractivity contribution in [1.29, 1.82) is 0 Å². The van der Waals surface area contributed by atoms with Crippen LogP contribution < -0.4 is 10.6 Å². The second-order valence-electron chi connectivity index (χ2n) is 5.52. The number of thiazole rings is 1. The Labute approximate surface area is 129 Å². The fourth-order valence-electron chi connectivity index (χ4n) is 2.09. The fourth-order valence-corrected chi connectivity index (χ4v) is 2.82. The standard InChI is InChI=1S/C14H23N3O3S/c1-9(2)4-11(5-13(18)19)7-16-14(20)17-8-12-15-6-10(3)21-12/h6,9,11H,4-5,7-8H2,1-3H3,(H,18,19)(H2,16,17,20)/t11-/m0/s1. The van der Waals surface area contributed by atoms with Crippen LogP contribution in [0.5, 0.6) is 0 Å². The predicted molar refractivity (Wildman–Crippen MR) is 82.3 cm³/mol. The Hall–Kier alpha value is -1.63. The van der Waals surface area contributed by atoms with Gasteiger partial charge in [0.2, 0.25) is 0 Å². The molecule has 0 aromatic carbocycles. The highest BCUT2D eigenvalue weighted by Gasteiger charge is 2.16. The average molecular weight is 313 g/mol. The van der Waals surface area contributed by atoms with Gasteiger partial charge in [-0.1, -0.05) is 13.8 Å². The predicted octanol–water partition coefficient (Wildman–Crippen LogP) is 2.39. The Morgan fingerprint density at radius 2 is 2.10 bits per heavy atom. The topological polar surface area (TPSA) is 91.3 Å². The number of carboxylic acid groups (broad SMARTS) is 1. The van der Waals surface area contributed by atoms with E-state index in [0.29, 0.717) is 19.0 Å². The van der Waals surface area contributed by atoms with Crippen LogP contribution in [0.25, 0.3) is 0 Å². The number of aromatic nitrogens is 1. The molecule has 1 aromatic rings. The molecule has 0 aliphatic carbocycles. The van der Waals surface area contributed by atoms with Crippen molar-refractivity contribution in [2.24, 2.45) is 11.8 Å². The maximum Gasteiger partial charge on any atom is 0.315 e. The van der Waals surface area contributed by atoms with Crippen molar-refractivity contribution in [2.75, 3.05) is 6.54 Å². The number of amides is 2. The fraction of sp³-hybridized carbons (Fsp3) is 0.643. The second kappa shape index (κ2) is 8.61. The minimum absolute atomic E-state index is 0.0460. The van der Waals surface area contributed by atoms with E-state index in [0.717, 1.165) is 16.3 Å². The van der Waals surface area contributed by atoms with Crippen LogP contribution in [0.2, 0.25) is 0 Å². The molecule has 0 saturated heterocycles. The molecule has 0 aliphatic heterocycles. The molecule has 1 aromatic heterocycles. The van der Waals surface area contributed by atoms with Crippen LogP contribution in [0.15, 0.2) is 6.20 Å². The van der Waals surface area contributed by atoms with Gasteiger partial charge in [-0.15, -0.1) is 11.3 Å². The first kappa shape index (κ1) is 17.4. The smallest absolute Gasteiger partial charge is 0.315 e. The number of aliphatic carboxylic acids is 1. The lowest BCUT2D eigenvalue weighted by Crippen LogP contribution is -2.38. The second-order valence-corrected chi connectivity index (χ2v) is 6.84. The molecule has 118 valence electrons. The summed E-state index contributed by atoms with van der Waals surface area (Å²) in [5.41, 5.74) is 0. The van der Waals surface area contributed by atoms with E-state index in [4.69, 9.17) is 5.11 Å². The van der Waals surface area contributed by atoms with Crippen molar-refractivity contribution in [3.63, 3.8) is 0 Å². The summed E-state index contributed by atoms with van der Waals surface area (Å²) < 4.78 is 0. The molecule has 0 radical (unpaired) electrons. The van der Waals surface area contributed by atoms with Crippen molar-refractivity contribution in [3.05, 3.63) is 16.1 Å². The van der Waals surface area contributed by atoms with Gasteiger partial charge in [-0.25, -0.2) is 9.78 Å². The third-order valence-electron chi connectivity index (χ3n) is 2.89. The first-order valence-electron chi connectivity index (χ1n) is 7.01. The van der Waals surface area contributed by atoms with Gasteiger partial charge in [0, 0.05) is 24.0 Å². The summed E-state index contributed by atoms with van der Waals surface area (Å²) in [5, 5.41) is 15.2. The number of nitrogens with zero attached hydrogens (tertiary/aromatic N) is 1. The summed E-state index contributed by atoms with van der Waals surface area (Å²) in [6.45, 7) is 6.80. The highest BCUT2D eigenvalue weighted by Crippen LogP contribution is 2.14. The van der Waals surface area contributed by atoms with E-state index in [1.165, 1.54) is 11.3 Å². The van der Waals surface area contributed by atoms with Gasteiger partial charge in [-0.2, -0.15) is 0 Å². The Morgan fingerprint density at radius 1 is 1.38 bits per heavy atom. The Morgan fingerprint density at radius 3 is 2.62 bits per heavy atom. The van der Waals surface area contributed by atoms with Crippen LogP contribution in [-0.2, 0) is 11.3 Å². The molecule has 3 N–H and O–H groups in total. The lowest BCUT2D eigenvalue weighted by Gasteiger charge is -2.17. The van der Waals surface area contributed by atoms with Crippen molar-refractivity contribution in [1.82, 2.24) is 15.6 Å². The van der Waals surface area contributed by atoms with Crippen molar-refractivity contribution in [3.8, 4) is 0 Å². The van der Waals surface area contributed by atoms with E-state index in [9.17, 15) is 9.59 Å². The number of carbonyl (C=O) groups excluding carboxylic acids is 1. The SMILES string of the molecule is Cc1cnc(CNC(=O)NC[C@H](CC(=O)O)CC(C)C)s1. The molecule has 6 nitrogen and oxygen atoms in total. The lowest BCUT2D eigenvalue weighted by molar-refractivity contribution is -0.138. The summed E-state index contributed by atoms with van der Waals surface area (Å²) in [5.74, 6) is -0.478. The molecule has 1 atom stereocenters. The summed E-state index contributed by atoms with van der Waals surface area (Å²) in [6, 6.07) is -0.290. The van der Waals surface area contributed by atoms with E-state index in [2.05, 4.69) is 15.6 Å². The maximum absolute atomic E-state index is 11.7. The van der Waals surface area contributed by atoms with Gasteiger partial charge in [0.15, 0.2) is 0 Å². The zero-order valence-corrected chi connectivity index (χ0v) is 13.5. The summed E-state index contributed by atoms with van der Waals surface area (Å²) in [6.07, 6.45) is 2.62. The van der Waals surface area contributed by atoms with Crippen LogP contribution in [0.1, 0.15) is 36.6 Å². The maximum atomic E-state index is 11.7. The Bertz CT molecular complexity index is 474. The van der Waals surface area contributed by atoms with Crippen molar-refractivity contribution >= 4 is 23.3 Å². The molecule has 1 rings (SSSR count). The Kier molecular flexibility index (Phi) is 7.14. The van der Waals surface area contributed by atoms with Crippen LogP contribution in [0.4, 0.5) is 4.79 Å². The molecule has 2 amide bonds. The van der Waals surface area contributed by atoms with Gasteiger partial charge in [0.1, 0.15) is 5.01 Å². The molecular formula is C14H23N3O3S. The first-order valence-corrected chi connectivity index (χ1v) is 7.83. The number of urea groups is 1. The summed E-state index contributed by atoms with van der Waals surface area (Å²) in [7, 11) is 0. The van der Waals surface area contributed by atoms with E-state index < -0.39 is 5.97 Å². The third kappa shape index (κ3) is 7.65. The molecule has 0 saturated carbocycles. The largest absolute Gasteiger partial charge is 0.481 e. The van der Waals surface area contributed by atoms with Gasteiger partial charge in [0.05, 0.1) is 6.54 Å². The molecule has 0 aliphatic rings. The van der Waals surface area contributed by atoms with Crippen LogP contribution in [0, 0.1) is 18.8 Å². The van der Waals surface area contributed by atoms with E-state index >= 15 is 0 Å². The van der Waals surface area contributed by atoms with Gasteiger partial charge in [0.25, 0.3) is 0 Å². The zero-order valence-electron chi connectivity index (χ0n) is 12.7. The molecule has 0 spiro atoms. The number of carbonyl (C=O) groups is 2. The van der Waals surface area contributed by atoms with Crippen LogP contribution >= 0.6 is 11.3 Å². The summed E-state index contributed by atoms with van der Waals surface area (Å²) >= 11 is 1.54. The highest BCUT2D eigenvalue weighted by molar-refractivity contribution is 7.11. The molecule has 0 unspecified atom stereocenters. The minimum atomic E-state index is -0.832. The number of hydrogen-bond donors (Lipinski definition) is 3. The zero-order chi connectivity index (χ0) is 15.8. The average Bonchev–Trinajstić information content (AvgIpc) is 2.78. The first-order chi connectivity index (χ1) is 9.86. The molecule has 21 heavy (non-hydrogen) atoms. The molecule has 1 heterocycles. The van der Waals surface area contributed by atoms with Crippen molar-refractivity contribution in [2.45, 2.75) is 40.2 Å². The third-order valence-corrected chi connectivity index (χ3v) is 3.80. The van der Waals surface area contributed by atoms with Gasteiger partial charge in [-0.05, 0) is 25.2 Å². The number of carboxylic acids is 1. The molecule has 0 fully saturated rings. The molecule has 7 heteroatoms. The van der Waals surface area contributed by atoms with E-state index in [1.807, 2.05) is 20.8 Å². The minimum Gasteiger partial charge on any atom is -0.481 e. The number of rotatable bonds is 8. The van der Waals surface area contributed by atoms with Gasteiger partial charge in [-0.3, -0.25) is 4.79 Å². The van der Waals surface area contributed by atoms with E-state index in [-0.39, 0.29) is 18.4 Å². The number of aryl methyl sites for hydroxylation is 1. The van der Waals surface area contributed by atoms with Gasteiger partial charge >= 0.3 is 12.0 Å². The van der Waals surface area contributed by atoms with Crippen molar-refractivity contribution < 1.29 is 14.7 Å². The lowest BCUT2D eigenvalue weighted by atomic mass is 9.94. The normalized spacial score (nSPS) is 12.2. The van der Waals surface area contributed by atoms with E-state index in [1.54, 1.807) is 6.20 Å². The number of nitrogens with one attached hydrogen (secondary N) is 2.